The first-order chi connectivity index (χ1) is 10.2. The summed E-state index contributed by atoms with van der Waals surface area (Å²) in [6.45, 7) is 4.00. The maximum Gasteiger partial charge on any atom is 0.0987 e. The van der Waals surface area contributed by atoms with E-state index in [1.54, 1.807) is 0 Å². The number of aliphatic hydroxyl groups is 1. The smallest absolute Gasteiger partial charge is 0.0987 e. The highest BCUT2D eigenvalue weighted by Gasteiger charge is 2.40. The summed E-state index contributed by atoms with van der Waals surface area (Å²) in [4.78, 5) is 0. The van der Waals surface area contributed by atoms with Gasteiger partial charge in [0.25, 0.3) is 0 Å². The molecule has 3 rings (SSSR count). The first kappa shape index (κ1) is 15.0. The molecule has 1 heterocycles. The Morgan fingerprint density at radius 3 is 2.76 bits per heavy atom. The van der Waals surface area contributed by atoms with Gasteiger partial charge in [0, 0.05) is 39.1 Å². The zero-order chi connectivity index (χ0) is 14.7. The minimum absolute atomic E-state index is 0.425. The number of ether oxygens (including phenoxy) is 2. The van der Waals surface area contributed by atoms with E-state index in [2.05, 4.69) is 18.2 Å². The van der Waals surface area contributed by atoms with Gasteiger partial charge in [-0.15, -0.1) is 0 Å². The third-order valence-electron chi connectivity index (χ3n) is 4.97. The molecular weight excluding hydrogens is 264 g/mol. The quantitative estimate of drug-likeness (QED) is 0.906. The fourth-order valence-corrected chi connectivity index (χ4v) is 3.74. The third kappa shape index (κ3) is 3.15. The minimum atomic E-state index is -0.458. The number of benzene rings is 1. The topological polar surface area (TPSA) is 38.7 Å². The summed E-state index contributed by atoms with van der Waals surface area (Å²) >= 11 is 0. The lowest BCUT2D eigenvalue weighted by molar-refractivity contribution is -0.165. The highest BCUT2D eigenvalue weighted by atomic mass is 16.5. The van der Waals surface area contributed by atoms with E-state index < -0.39 is 11.7 Å². The van der Waals surface area contributed by atoms with Crippen LogP contribution in [0.25, 0.3) is 0 Å². The van der Waals surface area contributed by atoms with Gasteiger partial charge in [0.1, 0.15) is 0 Å². The van der Waals surface area contributed by atoms with Crippen LogP contribution in [0.5, 0.6) is 0 Å². The van der Waals surface area contributed by atoms with Gasteiger partial charge in [-0.25, -0.2) is 0 Å². The number of rotatable bonds is 5. The maximum absolute atomic E-state index is 10.8. The molecule has 1 fully saturated rings. The van der Waals surface area contributed by atoms with Gasteiger partial charge >= 0.3 is 0 Å². The molecule has 2 aliphatic rings. The first-order valence-electron chi connectivity index (χ1n) is 8.24. The molecule has 0 bridgehead atoms. The molecule has 21 heavy (non-hydrogen) atoms. The van der Waals surface area contributed by atoms with Gasteiger partial charge in [-0.05, 0) is 42.9 Å². The Bertz CT molecular complexity index is 472. The molecule has 1 atom stereocenters. The summed E-state index contributed by atoms with van der Waals surface area (Å²) in [6, 6.07) is 6.69. The molecule has 116 valence electrons. The fraction of sp³-hybridized carbons (Fsp3) is 0.667. The summed E-state index contributed by atoms with van der Waals surface area (Å²) in [5, 5.41) is 10.8. The van der Waals surface area contributed by atoms with Crippen molar-refractivity contribution < 1.29 is 14.6 Å². The van der Waals surface area contributed by atoms with Gasteiger partial charge in [-0.3, -0.25) is 0 Å². The Balaban J connectivity index is 1.73. The van der Waals surface area contributed by atoms with Gasteiger partial charge in [0.15, 0.2) is 0 Å². The Kier molecular flexibility index (Phi) is 4.63. The molecular formula is C18H26O3. The molecule has 0 amide bonds. The lowest BCUT2D eigenvalue weighted by atomic mass is 9.84. The average molecular weight is 290 g/mol. The maximum atomic E-state index is 10.8. The number of fused-ring (bicyclic) bond motifs is 1. The van der Waals surface area contributed by atoms with E-state index in [9.17, 15) is 5.11 Å². The van der Waals surface area contributed by atoms with Crippen LogP contribution in [0.3, 0.4) is 0 Å². The molecule has 1 aliphatic carbocycles. The van der Waals surface area contributed by atoms with Crippen molar-refractivity contribution in [3.8, 4) is 0 Å². The van der Waals surface area contributed by atoms with Gasteiger partial charge < -0.3 is 14.6 Å². The van der Waals surface area contributed by atoms with Crippen LogP contribution >= 0.6 is 0 Å². The summed E-state index contributed by atoms with van der Waals surface area (Å²) in [7, 11) is 0. The van der Waals surface area contributed by atoms with Crippen LogP contribution in [0.4, 0.5) is 0 Å². The van der Waals surface area contributed by atoms with Crippen molar-refractivity contribution in [2.75, 3.05) is 19.8 Å². The summed E-state index contributed by atoms with van der Waals surface area (Å²) in [5.41, 5.74) is 3.76. The van der Waals surface area contributed by atoms with E-state index in [1.165, 1.54) is 36.0 Å². The van der Waals surface area contributed by atoms with Crippen LogP contribution < -0.4 is 0 Å². The minimum Gasteiger partial charge on any atom is -0.390 e. The van der Waals surface area contributed by atoms with E-state index >= 15 is 0 Å². The molecule has 0 aromatic heterocycles. The Morgan fingerprint density at radius 2 is 2.00 bits per heavy atom. The monoisotopic (exact) mass is 290 g/mol. The van der Waals surface area contributed by atoms with Crippen molar-refractivity contribution >= 4 is 0 Å². The highest BCUT2D eigenvalue weighted by molar-refractivity contribution is 5.35. The Morgan fingerprint density at radius 1 is 1.24 bits per heavy atom. The van der Waals surface area contributed by atoms with Crippen LogP contribution in [0, 0.1) is 0 Å². The summed E-state index contributed by atoms with van der Waals surface area (Å²) in [6.07, 6.45) is 5.44. The molecule has 1 aromatic carbocycles. The predicted molar refractivity (Wildman–Crippen MR) is 82.6 cm³/mol. The standard InChI is InChI=1S/C18H26O3/c1-2-21-18(8-10-20-11-9-18)17(19)13-14-6-7-15-4-3-5-16(15)12-14/h6-7,12,17,19H,2-5,8-11,13H2,1H3. The first-order valence-corrected chi connectivity index (χ1v) is 8.24. The zero-order valence-corrected chi connectivity index (χ0v) is 12.9. The van der Waals surface area contributed by atoms with Crippen molar-refractivity contribution in [1.82, 2.24) is 0 Å². The molecule has 1 aliphatic heterocycles. The van der Waals surface area contributed by atoms with Crippen LogP contribution in [0.2, 0.25) is 0 Å². The second-order valence-electron chi connectivity index (χ2n) is 6.29. The number of hydrogen-bond donors (Lipinski definition) is 1. The molecule has 0 radical (unpaired) electrons. The van der Waals surface area contributed by atoms with Crippen LogP contribution in [0.1, 0.15) is 42.9 Å². The van der Waals surface area contributed by atoms with Crippen LogP contribution in [-0.2, 0) is 28.7 Å². The average Bonchev–Trinajstić information content (AvgIpc) is 2.96. The number of aliphatic hydroxyl groups excluding tert-OH is 1. The van der Waals surface area contributed by atoms with Gasteiger partial charge in [0.2, 0.25) is 0 Å². The van der Waals surface area contributed by atoms with E-state index in [1.807, 2.05) is 6.92 Å². The predicted octanol–water partition coefficient (Wildman–Crippen LogP) is 2.66. The van der Waals surface area contributed by atoms with Gasteiger partial charge in [-0.1, -0.05) is 18.2 Å². The van der Waals surface area contributed by atoms with E-state index in [-0.39, 0.29) is 0 Å². The number of aryl methyl sites for hydroxylation is 2. The van der Waals surface area contributed by atoms with E-state index in [0.717, 1.165) is 12.8 Å². The number of hydrogen-bond acceptors (Lipinski definition) is 3. The Labute approximate surface area is 127 Å². The zero-order valence-electron chi connectivity index (χ0n) is 12.9. The Hall–Kier alpha value is -0.900. The van der Waals surface area contributed by atoms with Crippen molar-refractivity contribution in [2.45, 2.75) is 57.2 Å². The molecule has 1 N–H and O–H groups in total. The molecule has 1 unspecified atom stereocenters. The largest absolute Gasteiger partial charge is 0.390 e. The molecule has 3 heteroatoms. The van der Waals surface area contributed by atoms with E-state index in [0.29, 0.717) is 26.2 Å². The van der Waals surface area contributed by atoms with E-state index in [4.69, 9.17) is 9.47 Å². The van der Waals surface area contributed by atoms with Crippen LogP contribution in [-0.4, -0.2) is 36.6 Å². The second-order valence-corrected chi connectivity index (χ2v) is 6.29. The third-order valence-corrected chi connectivity index (χ3v) is 4.97. The van der Waals surface area contributed by atoms with Crippen molar-refractivity contribution in [3.63, 3.8) is 0 Å². The summed E-state index contributed by atoms with van der Waals surface area (Å²) < 4.78 is 11.4. The highest BCUT2D eigenvalue weighted by Crippen LogP contribution is 2.31. The van der Waals surface area contributed by atoms with Gasteiger partial charge in [-0.2, -0.15) is 0 Å². The normalized spacial score (nSPS) is 22.0. The fourth-order valence-electron chi connectivity index (χ4n) is 3.74. The molecule has 1 aromatic rings. The lowest BCUT2D eigenvalue weighted by Gasteiger charge is -2.40. The van der Waals surface area contributed by atoms with Gasteiger partial charge in [0.05, 0.1) is 11.7 Å². The summed E-state index contributed by atoms with van der Waals surface area (Å²) in [5.74, 6) is 0. The van der Waals surface area contributed by atoms with Crippen molar-refractivity contribution in [2.24, 2.45) is 0 Å². The van der Waals surface area contributed by atoms with Crippen molar-refractivity contribution in [3.05, 3.63) is 34.9 Å². The second kappa shape index (κ2) is 6.47. The van der Waals surface area contributed by atoms with Crippen LogP contribution in [0.15, 0.2) is 18.2 Å². The molecule has 1 saturated heterocycles. The lowest BCUT2D eigenvalue weighted by Crippen LogP contribution is -2.50. The SMILES string of the molecule is CCOC1(C(O)Cc2ccc3c(c2)CCC3)CCOCC1. The van der Waals surface area contributed by atoms with Crippen molar-refractivity contribution in [1.29, 1.82) is 0 Å². The molecule has 0 saturated carbocycles. The molecule has 0 spiro atoms. The molecule has 3 nitrogen and oxygen atoms in total.